The van der Waals surface area contributed by atoms with Gasteiger partial charge in [0.25, 0.3) is 0 Å². The zero-order valence-corrected chi connectivity index (χ0v) is 11.3. The first-order valence-corrected chi connectivity index (χ1v) is 7.08. The van der Waals surface area contributed by atoms with E-state index in [1.54, 1.807) is 0 Å². The molecular formula is C14H26N2O. The Labute approximate surface area is 105 Å². The summed E-state index contributed by atoms with van der Waals surface area (Å²) in [4.78, 5) is 12.4. The first kappa shape index (κ1) is 12.9. The summed E-state index contributed by atoms with van der Waals surface area (Å²) in [6.07, 6.45) is 5.56. The van der Waals surface area contributed by atoms with E-state index >= 15 is 0 Å². The zero-order chi connectivity index (χ0) is 12.6. The number of amides is 1. The maximum Gasteiger partial charge on any atom is 0.225 e. The van der Waals surface area contributed by atoms with Crippen molar-refractivity contribution in [3.8, 4) is 0 Å². The quantitative estimate of drug-likeness (QED) is 0.787. The van der Waals surface area contributed by atoms with Crippen molar-refractivity contribution in [1.29, 1.82) is 0 Å². The Kier molecular flexibility index (Phi) is 3.48. The predicted molar refractivity (Wildman–Crippen MR) is 69.4 cm³/mol. The summed E-state index contributed by atoms with van der Waals surface area (Å²) >= 11 is 0. The van der Waals surface area contributed by atoms with Crippen molar-refractivity contribution in [2.75, 3.05) is 0 Å². The normalized spacial score (nSPS) is 36.2. The van der Waals surface area contributed by atoms with Gasteiger partial charge in [0.1, 0.15) is 0 Å². The van der Waals surface area contributed by atoms with Gasteiger partial charge in [-0.15, -0.1) is 0 Å². The van der Waals surface area contributed by atoms with Gasteiger partial charge in [-0.3, -0.25) is 4.79 Å². The SMILES string of the molecule is CCC(C)(CC)NC(=O)C1C2CCC(C2)C1N. The molecule has 17 heavy (non-hydrogen) atoms. The molecule has 0 aromatic heterocycles. The summed E-state index contributed by atoms with van der Waals surface area (Å²) in [6.45, 7) is 6.39. The van der Waals surface area contributed by atoms with E-state index in [4.69, 9.17) is 5.73 Å². The molecule has 3 N–H and O–H groups in total. The lowest BCUT2D eigenvalue weighted by atomic mass is 9.83. The van der Waals surface area contributed by atoms with Crippen LogP contribution in [0.4, 0.5) is 0 Å². The molecule has 2 bridgehead atoms. The lowest BCUT2D eigenvalue weighted by molar-refractivity contribution is -0.129. The van der Waals surface area contributed by atoms with Gasteiger partial charge in [0.05, 0.1) is 5.92 Å². The van der Waals surface area contributed by atoms with Crippen LogP contribution in [0.15, 0.2) is 0 Å². The van der Waals surface area contributed by atoms with Crippen LogP contribution in [0.1, 0.15) is 52.9 Å². The van der Waals surface area contributed by atoms with Crippen molar-refractivity contribution in [3.63, 3.8) is 0 Å². The molecule has 0 saturated heterocycles. The summed E-state index contributed by atoms with van der Waals surface area (Å²) < 4.78 is 0. The largest absolute Gasteiger partial charge is 0.351 e. The second kappa shape index (κ2) is 4.60. The number of fused-ring (bicyclic) bond motifs is 2. The summed E-state index contributed by atoms with van der Waals surface area (Å²) in [6, 6.07) is 0.103. The van der Waals surface area contributed by atoms with Gasteiger partial charge in [-0.25, -0.2) is 0 Å². The average molecular weight is 238 g/mol. The second-order valence-corrected chi connectivity index (χ2v) is 6.19. The highest BCUT2D eigenvalue weighted by molar-refractivity contribution is 5.81. The fourth-order valence-electron chi connectivity index (χ4n) is 3.53. The molecule has 0 aliphatic heterocycles. The van der Waals surface area contributed by atoms with Crippen molar-refractivity contribution in [2.45, 2.75) is 64.5 Å². The Morgan fingerprint density at radius 2 is 1.88 bits per heavy atom. The van der Waals surface area contributed by atoms with Crippen molar-refractivity contribution in [3.05, 3.63) is 0 Å². The van der Waals surface area contributed by atoms with Crippen LogP contribution >= 0.6 is 0 Å². The molecule has 4 atom stereocenters. The molecule has 0 heterocycles. The third-order valence-corrected chi connectivity index (χ3v) is 5.27. The van der Waals surface area contributed by atoms with Crippen LogP contribution in [0.25, 0.3) is 0 Å². The van der Waals surface area contributed by atoms with Gasteiger partial charge in [0.2, 0.25) is 5.91 Å². The van der Waals surface area contributed by atoms with E-state index in [1.165, 1.54) is 19.3 Å². The Morgan fingerprint density at radius 3 is 2.35 bits per heavy atom. The first-order chi connectivity index (χ1) is 8.00. The van der Waals surface area contributed by atoms with Crippen molar-refractivity contribution < 1.29 is 4.79 Å². The van der Waals surface area contributed by atoms with Crippen LogP contribution in [0.3, 0.4) is 0 Å². The van der Waals surface area contributed by atoms with Gasteiger partial charge in [0.15, 0.2) is 0 Å². The average Bonchev–Trinajstić information content (AvgIpc) is 2.89. The minimum absolute atomic E-state index is 0.0569. The smallest absolute Gasteiger partial charge is 0.225 e. The lowest BCUT2D eigenvalue weighted by Crippen LogP contribution is -2.52. The molecule has 4 unspecified atom stereocenters. The van der Waals surface area contributed by atoms with E-state index in [0.717, 1.165) is 12.8 Å². The molecule has 2 saturated carbocycles. The van der Waals surface area contributed by atoms with Crippen LogP contribution < -0.4 is 11.1 Å². The van der Waals surface area contributed by atoms with Crippen molar-refractivity contribution in [1.82, 2.24) is 5.32 Å². The molecule has 2 aliphatic carbocycles. The molecule has 3 nitrogen and oxygen atoms in total. The van der Waals surface area contributed by atoms with Gasteiger partial charge in [0, 0.05) is 11.6 Å². The summed E-state index contributed by atoms with van der Waals surface area (Å²) in [7, 11) is 0. The molecule has 0 aromatic rings. The van der Waals surface area contributed by atoms with Crippen LogP contribution in [0.5, 0.6) is 0 Å². The fourth-order valence-corrected chi connectivity index (χ4v) is 3.53. The van der Waals surface area contributed by atoms with Gasteiger partial charge in [-0.05, 0) is 50.9 Å². The fraction of sp³-hybridized carbons (Fsp3) is 0.929. The maximum atomic E-state index is 12.4. The minimum atomic E-state index is -0.0569. The monoisotopic (exact) mass is 238 g/mol. The highest BCUT2D eigenvalue weighted by Gasteiger charge is 2.49. The number of nitrogens with one attached hydrogen (secondary N) is 1. The first-order valence-electron chi connectivity index (χ1n) is 7.08. The van der Waals surface area contributed by atoms with E-state index in [0.29, 0.717) is 11.8 Å². The molecule has 2 fully saturated rings. The summed E-state index contributed by atoms with van der Waals surface area (Å²) in [5.74, 6) is 1.43. The standard InChI is InChI=1S/C14H26N2O/c1-4-14(3,5-2)16-13(17)11-9-6-7-10(8-9)12(11)15/h9-12H,4-8,15H2,1-3H3,(H,16,17). The van der Waals surface area contributed by atoms with Gasteiger partial charge in [-0.1, -0.05) is 13.8 Å². The maximum absolute atomic E-state index is 12.4. The highest BCUT2D eigenvalue weighted by Crippen LogP contribution is 2.47. The Bertz CT molecular complexity index is 297. The third-order valence-electron chi connectivity index (χ3n) is 5.27. The number of hydrogen-bond acceptors (Lipinski definition) is 2. The molecule has 0 spiro atoms. The topological polar surface area (TPSA) is 55.1 Å². The number of rotatable bonds is 4. The Balaban J connectivity index is 2.01. The van der Waals surface area contributed by atoms with Crippen LogP contribution in [-0.2, 0) is 4.79 Å². The predicted octanol–water partition coefficient (Wildman–Crippen LogP) is 2.05. The van der Waals surface area contributed by atoms with Crippen LogP contribution in [0.2, 0.25) is 0 Å². The van der Waals surface area contributed by atoms with E-state index in [-0.39, 0.29) is 23.4 Å². The Morgan fingerprint density at radius 1 is 1.29 bits per heavy atom. The van der Waals surface area contributed by atoms with Gasteiger partial charge >= 0.3 is 0 Å². The molecule has 2 rings (SSSR count). The van der Waals surface area contributed by atoms with Gasteiger partial charge < -0.3 is 11.1 Å². The van der Waals surface area contributed by atoms with Crippen LogP contribution in [-0.4, -0.2) is 17.5 Å². The molecule has 0 aromatic carbocycles. The summed E-state index contributed by atoms with van der Waals surface area (Å²) in [5.41, 5.74) is 6.15. The van der Waals surface area contributed by atoms with E-state index in [1.807, 2.05) is 0 Å². The number of carbonyl (C=O) groups is 1. The van der Waals surface area contributed by atoms with Crippen LogP contribution in [0, 0.1) is 17.8 Å². The molecule has 1 amide bonds. The van der Waals surface area contributed by atoms with E-state index < -0.39 is 0 Å². The van der Waals surface area contributed by atoms with Gasteiger partial charge in [-0.2, -0.15) is 0 Å². The lowest BCUT2D eigenvalue weighted by Gasteiger charge is -2.33. The number of carbonyl (C=O) groups excluding carboxylic acids is 1. The highest BCUT2D eigenvalue weighted by atomic mass is 16.2. The third kappa shape index (κ3) is 2.22. The van der Waals surface area contributed by atoms with E-state index in [2.05, 4.69) is 26.1 Å². The van der Waals surface area contributed by atoms with Crippen molar-refractivity contribution >= 4 is 5.91 Å². The molecule has 2 aliphatic rings. The Hall–Kier alpha value is -0.570. The minimum Gasteiger partial charge on any atom is -0.351 e. The summed E-state index contributed by atoms with van der Waals surface area (Å²) in [5, 5.41) is 3.23. The molecule has 0 radical (unpaired) electrons. The molecule has 3 heteroatoms. The molecule has 98 valence electrons. The number of nitrogens with two attached hydrogens (primary N) is 1. The van der Waals surface area contributed by atoms with Crippen molar-refractivity contribution in [2.24, 2.45) is 23.5 Å². The number of hydrogen-bond donors (Lipinski definition) is 2. The second-order valence-electron chi connectivity index (χ2n) is 6.19. The zero-order valence-electron chi connectivity index (χ0n) is 11.3. The van der Waals surface area contributed by atoms with E-state index in [9.17, 15) is 4.79 Å². The molecular weight excluding hydrogens is 212 g/mol.